The van der Waals surface area contributed by atoms with Gasteiger partial charge in [-0.1, -0.05) is 0 Å². The van der Waals surface area contributed by atoms with Crippen LogP contribution in [0.5, 0.6) is 0 Å². The highest BCUT2D eigenvalue weighted by Crippen LogP contribution is 2.14. The topological polar surface area (TPSA) is 29.5 Å². The Morgan fingerprint density at radius 3 is 2.70 bits per heavy atom. The van der Waals surface area contributed by atoms with Crippen molar-refractivity contribution in [2.75, 3.05) is 19.7 Å². The fourth-order valence-corrected chi connectivity index (χ4v) is 1.14. The molecule has 58 valence electrons. The van der Waals surface area contributed by atoms with E-state index in [0.717, 1.165) is 13.0 Å². The Balaban J connectivity index is 2.47. The number of hydrogen-bond acceptors (Lipinski definition) is 2. The van der Waals surface area contributed by atoms with Crippen LogP contribution in [0.2, 0.25) is 0 Å². The predicted molar refractivity (Wildman–Crippen MR) is 37.7 cm³/mol. The largest absolute Gasteiger partial charge is 0.372 e. The summed E-state index contributed by atoms with van der Waals surface area (Å²) in [5.74, 6) is 0. The van der Waals surface area contributed by atoms with Crippen LogP contribution in [0, 0.1) is 0 Å². The molecule has 0 saturated carbocycles. The summed E-state index contributed by atoms with van der Waals surface area (Å²) in [7, 11) is 0. The minimum Gasteiger partial charge on any atom is -0.372 e. The molecule has 3 heteroatoms. The SMILES string of the molecule is CC1(C)CN(C=O)CCO1. The molecule has 3 nitrogen and oxygen atoms in total. The summed E-state index contributed by atoms with van der Waals surface area (Å²) in [5.41, 5.74) is -0.154. The molecule has 1 saturated heterocycles. The molecule has 1 heterocycles. The first kappa shape index (κ1) is 7.54. The molecule has 1 amide bonds. The monoisotopic (exact) mass is 143 g/mol. The van der Waals surface area contributed by atoms with E-state index in [1.807, 2.05) is 13.8 Å². The first-order valence-electron chi connectivity index (χ1n) is 3.47. The molecular weight excluding hydrogens is 130 g/mol. The van der Waals surface area contributed by atoms with Crippen molar-refractivity contribution in [2.45, 2.75) is 19.4 Å². The average Bonchev–Trinajstić information content (AvgIpc) is 1.86. The Kier molecular flexibility index (Phi) is 1.94. The molecule has 0 aliphatic carbocycles. The van der Waals surface area contributed by atoms with Gasteiger partial charge in [-0.2, -0.15) is 0 Å². The van der Waals surface area contributed by atoms with E-state index in [4.69, 9.17) is 4.74 Å². The average molecular weight is 143 g/mol. The summed E-state index contributed by atoms with van der Waals surface area (Å²) < 4.78 is 5.40. The van der Waals surface area contributed by atoms with E-state index in [1.165, 1.54) is 0 Å². The Bertz CT molecular complexity index is 134. The second kappa shape index (κ2) is 2.58. The zero-order valence-electron chi connectivity index (χ0n) is 6.46. The molecule has 0 bridgehead atoms. The van der Waals surface area contributed by atoms with Crippen molar-refractivity contribution in [3.8, 4) is 0 Å². The first-order chi connectivity index (χ1) is 4.64. The quantitative estimate of drug-likeness (QED) is 0.492. The Morgan fingerprint density at radius 2 is 2.30 bits per heavy atom. The van der Waals surface area contributed by atoms with E-state index >= 15 is 0 Å². The van der Waals surface area contributed by atoms with Crippen LogP contribution in [-0.4, -0.2) is 36.6 Å². The lowest BCUT2D eigenvalue weighted by Gasteiger charge is -2.35. The fourth-order valence-electron chi connectivity index (χ4n) is 1.14. The number of carbonyl (C=O) groups excluding carboxylic acids is 1. The van der Waals surface area contributed by atoms with Gasteiger partial charge in [0.05, 0.1) is 12.2 Å². The highest BCUT2D eigenvalue weighted by molar-refractivity contribution is 5.47. The minimum atomic E-state index is -0.154. The molecule has 0 radical (unpaired) electrons. The van der Waals surface area contributed by atoms with Gasteiger partial charge in [-0.25, -0.2) is 0 Å². The van der Waals surface area contributed by atoms with Crippen LogP contribution < -0.4 is 0 Å². The van der Waals surface area contributed by atoms with Crippen LogP contribution in [0.15, 0.2) is 0 Å². The number of rotatable bonds is 1. The summed E-state index contributed by atoms with van der Waals surface area (Å²) >= 11 is 0. The Hall–Kier alpha value is -0.570. The summed E-state index contributed by atoms with van der Waals surface area (Å²) in [5, 5.41) is 0. The molecule has 0 unspecified atom stereocenters. The van der Waals surface area contributed by atoms with Gasteiger partial charge >= 0.3 is 0 Å². The summed E-state index contributed by atoms with van der Waals surface area (Å²) in [6.45, 7) is 6.07. The van der Waals surface area contributed by atoms with E-state index in [9.17, 15) is 4.79 Å². The minimum absolute atomic E-state index is 0.154. The number of morpholine rings is 1. The van der Waals surface area contributed by atoms with Crippen molar-refractivity contribution < 1.29 is 9.53 Å². The molecule has 0 aromatic heterocycles. The Labute approximate surface area is 61.0 Å². The van der Waals surface area contributed by atoms with Gasteiger partial charge in [0.25, 0.3) is 0 Å². The van der Waals surface area contributed by atoms with Gasteiger partial charge in [0.2, 0.25) is 6.41 Å². The van der Waals surface area contributed by atoms with Crippen molar-refractivity contribution in [2.24, 2.45) is 0 Å². The zero-order chi connectivity index (χ0) is 7.61. The molecule has 1 rings (SSSR count). The van der Waals surface area contributed by atoms with Crippen molar-refractivity contribution in [1.82, 2.24) is 4.90 Å². The molecule has 0 aromatic rings. The second-order valence-electron chi connectivity index (χ2n) is 3.18. The maximum atomic E-state index is 10.3. The predicted octanol–water partition coefficient (Wildman–Crippen LogP) is 0.254. The highest BCUT2D eigenvalue weighted by atomic mass is 16.5. The lowest BCUT2D eigenvalue weighted by Crippen LogP contribution is -2.47. The smallest absolute Gasteiger partial charge is 0.209 e. The molecule has 10 heavy (non-hydrogen) atoms. The van der Waals surface area contributed by atoms with Crippen molar-refractivity contribution >= 4 is 6.41 Å². The maximum Gasteiger partial charge on any atom is 0.209 e. The molecule has 1 aliphatic rings. The standard InChI is InChI=1S/C7H13NO2/c1-7(2)5-8(6-9)3-4-10-7/h6H,3-5H2,1-2H3. The van der Waals surface area contributed by atoms with E-state index in [1.54, 1.807) is 4.90 Å². The van der Waals surface area contributed by atoms with Crippen LogP contribution in [0.25, 0.3) is 0 Å². The number of hydrogen-bond donors (Lipinski definition) is 0. The van der Waals surface area contributed by atoms with Gasteiger partial charge in [0.15, 0.2) is 0 Å². The van der Waals surface area contributed by atoms with Crippen LogP contribution in [0.4, 0.5) is 0 Å². The third kappa shape index (κ3) is 1.70. The first-order valence-corrected chi connectivity index (χ1v) is 3.47. The molecule has 1 aliphatic heterocycles. The highest BCUT2D eigenvalue weighted by Gasteiger charge is 2.25. The lowest BCUT2D eigenvalue weighted by molar-refractivity contribution is -0.133. The van der Waals surface area contributed by atoms with E-state index in [-0.39, 0.29) is 5.60 Å². The van der Waals surface area contributed by atoms with Gasteiger partial charge < -0.3 is 9.64 Å². The molecule has 0 aromatic carbocycles. The van der Waals surface area contributed by atoms with Crippen molar-refractivity contribution in [1.29, 1.82) is 0 Å². The summed E-state index contributed by atoms with van der Waals surface area (Å²) in [6, 6.07) is 0. The van der Waals surface area contributed by atoms with Crippen LogP contribution in [0.1, 0.15) is 13.8 Å². The van der Waals surface area contributed by atoms with Crippen LogP contribution in [-0.2, 0) is 9.53 Å². The van der Waals surface area contributed by atoms with Crippen LogP contribution in [0.3, 0.4) is 0 Å². The van der Waals surface area contributed by atoms with E-state index < -0.39 is 0 Å². The van der Waals surface area contributed by atoms with Crippen LogP contribution >= 0.6 is 0 Å². The third-order valence-electron chi connectivity index (χ3n) is 1.60. The number of carbonyl (C=O) groups is 1. The van der Waals surface area contributed by atoms with Crippen molar-refractivity contribution in [3.05, 3.63) is 0 Å². The third-order valence-corrected chi connectivity index (χ3v) is 1.60. The molecule has 1 fully saturated rings. The molecule has 0 atom stereocenters. The number of nitrogens with zero attached hydrogens (tertiary/aromatic N) is 1. The van der Waals surface area contributed by atoms with Gasteiger partial charge in [-0.3, -0.25) is 4.79 Å². The number of ether oxygens (including phenoxy) is 1. The Morgan fingerprint density at radius 1 is 1.60 bits per heavy atom. The van der Waals surface area contributed by atoms with Gasteiger partial charge in [-0.05, 0) is 13.8 Å². The van der Waals surface area contributed by atoms with Gasteiger partial charge in [0, 0.05) is 13.1 Å². The number of amides is 1. The molecule has 0 spiro atoms. The van der Waals surface area contributed by atoms with Gasteiger partial charge in [-0.15, -0.1) is 0 Å². The maximum absolute atomic E-state index is 10.3. The molecule has 0 N–H and O–H groups in total. The lowest BCUT2D eigenvalue weighted by atomic mass is 10.1. The van der Waals surface area contributed by atoms with Crippen molar-refractivity contribution in [3.63, 3.8) is 0 Å². The normalized spacial score (nSPS) is 24.4. The van der Waals surface area contributed by atoms with Gasteiger partial charge in [0.1, 0.15) is 0 Å². The summed E-state index contributed by atoms with van der Waals surface area (Å²) in [6.07, 6.45) is 0.879. The summed E-state index contributed by atoms with van der Waals surface area (Å²) in [4.78, 5) is 12.1. The van der Waals surface area contributed by atoms with E-state index in [0.29, 0.717) is 13.2 Å². The fraction of sp³-hybridized carbons (Fsp3) is 0.857. The second-order valence-corrected chi connectivity index (χ2v) is 3.18. The molecular formula is C7H13NO2. The zero-order valence-corrected chi connectivity index (χ0v) is 6.46. The van der Waals surface area contributed by atoms with E-state index in [2.05, 4.69) is 0 Å².